The van der Waals surface area contributed by atoms with Crippen LogP contribution in [0, 0.1) is 6.92 Å². The molecule has 3 aromatic carbocycles. The van der Waals surface area contributed by atoms with Crippen molar-refractivity contribution in [1.82, 2.24) is 10.2 Å². The summed E-state index contributed by atoms with van der Waals surface area (Å²) < 4.78 is 0.660. The van der Waals surface area contributed by atoms with Crippen molar-refractivity contribution in [3.63, 3.8) is 0 Å². The highest BCUT2D eigenvalue weighted by Gasteiger charge is 2.29. The van der Waals surface area contributed by atoms with Gasteiger partial charge < -0.3 is 10.6 Å². The van der Waals surface area contributed by atoms with Gasteiger partial charge in [0.05, 0.1) is 5.75 Å². The van der Waals surface area contributed by atoms with E-state index >= 15 is 0 Å². The minimum Gasteiger partial charge on any atom is -0.330 e. The number of nitrogens with zero attached hydrogens (tertiary/aromatic N) is 2. The fourth-order valence-corrected chi connectivity index (χ4v) is 5.24. The molecule has 0 atom stereocenters. The van der Waals surface area contributed by atoms with Gasteiger partial charge in [-0.1, -0.05) is 59.5 Å². The minimum absolute atomic E-state index is 0.131. The van der Waals surface area contributed by atoms with Gasteiger partial charge in [0.15, 0.2) is 15.9 Å². The topological polar surface area (TPSA) is 101 Å². The van der Waals surface area contributed by atoms with E-state index in [-0.39, 0.29) is 23.2 Å². The molecule has 0 spiro atoms. The Morgan fingerprint density at radius 3 is 2.35 bits per heavy atom. The first kappa shape index (κ1) is 22.0. The number of benzene rings is 3. The highest BCUT2D eigenvalue weighted by Crippen LogP contribution is 2.30. The van der Waals surface area contributed by atoms with E-state index in [1.165, 1.54) is 23.1 Å². The summed E-state index contributed by atoms with van der Waals surface area (Å²) in [5.41, 5.74) is 3.95. The number of ketones is 2. The van der Waals surface area contributed by atoms with Crippen molar-refractivity contribution in [3.05, 3.63) is 94.5 Å². The molecule has 1 amide bonds. The Kier molecular flexibility index (Phi) is 5.95. The second-order valence-corrected chi connectivity index (χ2v) is 9.87. The summed E-state index contributed by atoms with van der Waals surface area (Å²) in [5.74, 6) is -0.530. The molecule has 168 valence electrons. The van der Waals surface area contributed by atoms with E-state index in [0.717, 1.165) is 11.3 Å². The van der Waals surface area contributed by atoms with Gasteiger partial charge in [-0.2, -0.15) is 0 Å². The highest BCUT2D eigenvalue weighted by atomic mass is 32.2. The molecule has 4 aromatic rings. The molecule has 1 aliphatic carbocycles. The summed E-state index contributed by atoms with van der Waals surface area (Å²) >= 11 is 2.64. The maximum Gasteiger partial charge on any atom is 0.234 e. The molecular weight excluding hydrogens is 468 g/mol. The van der Waals surface area contributed by atoms with Crippen LogP contribution >= 0.6 is 23.1 Å². The van der Waals surface area contributed by atoms with Crippen LogP contribution in [-0.4, -0.2) is 33.4 Å². The van der Waals surface area contributed by atoms with E-state index in [0.29, 0.717) is 37.4 Å². The molecule has 9 heteroatoms. The van der Waals surface area contributed by atoms with Crippen LogP contribution in [-0.2, 0) is 4.79 Å². The molecule has 5 rings (SSSR count). The van der Waals surface area contributed by atoms with Gasteiger partial charge in [0.25, 0.3) is 0 Å². The van der Waals surface area contributed by atoms with Crippen LogP contribution in [0.15, 0.2) is 71.1 Å². The average molecular weight is 487 g/mol. The first-order valence-corrected chi connectivity index (χ1v) is 12.2. The van der Waals surface area contributed by atoms with E-state index in [9.17, 15) is 14.4 Å². The molecular formula is C25H18N4O3S2. The number of hydrogen-bond acceptors (Lipinski definition) is 8. The molecule has 0 bridgehead atoms. The number of fused-ring (bicyclic) bond motifs is 2. The van der Waals surface area contributed by atoms with Crippen molar-refractivity contribution in [2.24, 2.45) is 0 Å². The molecule has 0 fully saturated rings. The Balaban J connectivity index is 1.22. The molecule has 0 saturated heterocycles. The maximum absolute atomic E-state index is 12.9. The quantitative estimate of drug-likeness (QED) is 0.322. The van der Waals surface area contributed by atoms with Gasteiger partial charge in [0.2, 0.25) is 11.0 Å². The molecule has 0 radical (unpaired) electrons. The predicted molar refractivity (Wildman–Crippen MR) is 133 cm³/mol. The number of aromatic nitrogens is 2. The third kappa shape index (κ3) is 4.48. The van der Waals surface area contributed by atoms with E-state index in [1.807, 2.05) is 31.2 Å². The zero-order valence-corrected chi connectivity index (χ0v) is 19.6. The minimum atomic E-state index is -0.247. The number of hydrogen-bond donors (Lipinski definition) is 2. The number of anilines is 3. The van der Waals surface area contributed by atoms with E-state index in [4.69, 9.17) is 0 Å². The van der Waals surface area contributed by atoms with Crippen molar-refractivity contribution in [3.8, 4) is 0 Å². The number of thioether (sulfide) groups is 1. The molecule has 0 unspecified atom stereocenters. The summed E-state index contributed by atoms with van der Waals surface area (Å²) in [6.45, 7) is 2.01. The Bertz CT molecular complexity index is 1450. The Morgan fingerprint density at radius 1 is 0.853 bits per heavy atom. The fourth-order valence-electron chi connectivity index (χ4n) is 3.67. The number of amides is 1. The molecule has 1 heterocycles. The monoisotopic (exact) mass is 486 g/mol. The lowest BCUT2D eigenvalue weighted by Crippen LogP contribution is -2.21. The van der Waals surface area contributed by atoms with Crippen molar-refractivity contribution in [1.29, 1.82) is 0 Å². The van der Waals surface area contributed by atoms with Gasteiger partial charge in [-0.3, -0.25) is 14.4 Å². The number of nitrogens with one attached hydrogen (secondary N) is 2. The van der Waals surface area contributed by atoms with Gasteiger partial charge in [-0.25, -0.2) is 0 Å². The molecule has 0 saturated carbocycles. The summed E-state index contributed by atoms with van der Waals surface area (Å²) in [5, 5.41) is 14.9. The first-order valence-electron chi connectivity index (χ1n) is 10.4. The highest BCUT2D eigenvalue weighted by molar-refractivity contribution is 8.01. The zero-order chi connectivity index (χ0) is 23.7. The third-order valence-electron chi connectivity index (χ3n) is 5.21. The van der Waals surface area contributed by atoms with E-state index in [1.54, 1.807) is 42.5 Å². The van der Waals surface area contributed by atoms with Crippen LogP contribution in [0.1, 0.15) is 37.4 Å². The molecule has 34 heavy (non-hydrogen) atoms. The van der Waals surface area contributed by atoms with Crippen molar-refractivity contribution < 1.29 is 14.4 Å². The second kappa shape index (κ2) is 9.20. The Hall–Kier alpha value is -3.82. The normalized spacial score (nSPS) is 12.1. The first-order chi connectivity index (χ1) is 16.5. The van der Waals surface area contributed by atoms with E-state index < -0.39 is 0 Å². The summed E-state index contributed by atoms with van der Waals surface area (Å²) in [6.07, 6.45) is 0. The Morgan fingerprint density at radius 2 is 1.59 bits per heavy atom. The molecule has 2 N–H and O–H groups in total. The SMILES string of the molecule is Cc1cccc(Nc2nnc(SCC(=O)Nc3ccc4c(c3)C(=O)c3ccccc3C4=O)s2)c1. The van der Waals surface area contributed by atoms with Crippen LogP contribution in [0.4, 0.5) is 16.5 Å². The van der Waals surface area contributed by atoms with Crippen LogP contribution in [0.25, 0.3) is 0 Å². The van der Waals surface area contributed by atoms with Crippen LogP contribution < -0.4 is 10.6 Å². The second-order valence-electron chi connectivity index (χ2n) is 7.67. The number of aryl methyl sites for hydroxylation is 1. The lowest BCUT2D eigenvalue weighted by atomic mass is 9.84. The number of carbonyl (C=O) groups excluding carboxylic acids is 3. The van der Waals surface area contributed by atoms with Gasteiger partial charge in [0.1, 0.15) is 0 Å². The van der Waals surface area contributed by atoms with Crippen molar-refractivity contribution in [2.45, 2.75) is 11.3 Å². The Labute approximate surface area is 203 Å². The van der Waals surface area contributed by atoms with Crippen LogP contribution in [0.2, 0.25) is 0 Å². The van der Waals surface area contributed by atoms with Crippen molar-refractivity contribution in [2.75, 3.05) is 16.4 Å². The predicted octanol–water partition coefficient (Wildman–Crippen LogP) is 5.10. The molecule has 0 aliphatic heterocycles. The van der Waals surface area contributed by atoms with Gasteiger partial charge in [-0.05, 0) is 42.8 Å². The smallest absolute Gasteiger partial charge is 0.234 e. The average Bonchev–Trinajstić information content (AvgIpc) is 3.28. The standard InChI is InChI=1S/C25H18N4O3S2/c1-14-5-4-6-15(11-14)27-24-28-29-25(34-24)33-13-21(30)26-16-9-10-19-20(12-16)23(32)18-8-3-2-7-17(18)22(19)31/h2-12H,13H2,1H3,(H,26,30)(H,27,28). The van der Waals surface area contributed by atoms with Crippen LogP contribution in [0.5, 0.6) is 0 Å². The van der Waals surface area contributed by atoms with Crippen molar-refractivity contribution >= 4 is 57.1 Å². The fraction of sp³-hybridized carbons (Fsp3) is 0.0800. The number of rotatable bonds is 6. The van der Waals surface area contributed by atoms with Gasteiger partial charge in [-0.15, -0.1) is 10.2 Å². The lowest BCUT2D eigenvalue weighted by Gasteiger charge is -2.18. The third-order valence-corrected chi connectivity index (χ3v) is 7.18. The largest absolute Gasteiger partial charge is 0.330 e. The summed E-state index contributed by atoms with van der Waals surface area (Å²) in [6, 6.07) is 19.5. The van der Waals surface area contributed by atoms with Gasteiger partial charge >= 0.3 is 0 Å². The van der Waals surface area contributed by atoms with E-state index in [2.05, 4.69) is 20.8 Å². The molecule has 1 aliphatic rings. The maximum atomic E-state index is 12.9. The molecule has 1 aromatic heterocycles. The molecule has 7 nitrogen and oxygen atoms in total. The summed E-state index contributed by atoms with van der Waals surface area (Å²) in [4.78, 5) is 38.1. The summed E-state index contributed by atoms with van der Waals surface area (Å²) in [7, 11) is 0. The zero-order valence-electron chi connectivity index (χ0n) is 18.0. The number of carbonyl (C=O) groups is 3. The lowest BCUT2D eigenvalue weighted by molar-refractivity contribution is -0.113. The van der Waals surface area contributed by atoms with Crippen LogP contribution in [0.3, 0.4) is 0 Å². The van der Waals surface area contributed by atoms with Gasteiger partial charge in [0, 0.05) is 33.6 Å².